The van der Waals surface area contributed by atoms with Crippen LogP contribution in [0.5, 0.6) is 0 Å². The minimum Gasteiger partial charge on any atom is -0.359 e. The van der Waals surface area contributed by atoms with Crippen molar-refractivity contribution in [2.24, 2.45) is 4.99 Å². The molecule has 0 atom stereocenters. The Balaban J connectivity index is 1.83. The molecule has 6 nitrogen and oxygen atoms in total. The highest BCUT2D eigenvalue weighted by molar-refractivity contribution is 7.11. The third-order valence-corrected chi connectivity index (χ3v) is 3.88. The number of hydrogen-bond donors (Lipinski definition) is 2. The topological polar surface area (TPSA) is 75.3 Å². The van der Waals surface area contributed by atoms with Crippen molar-refractivity contribution in [3.8, 4) is 0 Å². The molecule has 2 N–H and O–H groups in total. The second-order valence-electron chi connectivity index (χ2n) is 4.46. The second-order valence-corrected chi connectivity index (χ2v) is 5.75. The predicted octanol–water partition coefficient (Wildman–Crippen LogP) is 1.92. The first-order valence-electron chi connectivity index (χ1n) is 6.38. The lowest BCUT2D eigenvalue weighted by atomic mass is 10.4. The molecule has 2 aromatic rings. The van der Waals surface area contributed by atoms with Crippen LogP contribution in [0.3, 0.4) is 0 Å². The summed E-state index contributed by atoms with van der Waals surface area (Å²) in [6.07, 6.45) is 0. The van der Waals surface area contributed by atoms with Crippen molar-refractivity contribution in [2.75, 3.05) is 7.05 Å². The molecule has 0 amide bonds. The SMILES string of the molecule is CN=C(NCc1cc(C)no1)NCc1nc(C)c(C)s1. The maximum atomic E-state index is 5.14. The Labute approximate surface area is 122 Å². The molecule has 108 valence electrons. The molecule has 0 aliphatic heterocycles. The van der Waals surface area contributed by atoms with Gasteiger partial charge in [-0.15, -0.1) is 11.3 Å². The van der Waals surface area contributed by atoms with E-state index in [9.17, 15) is 0 Å². The maximum Gasteiger partial charge on any atom is 0.191 e. The summed E-state index contributed by atoms with van der Waals surface area (Å²) in [5, 5.41) is 11.3. The lowest BCUT2D eigenvalue weighted by molar-refractivity contribution is 0.376. The fourth-order valence-electron chi connectivity index (χ4n) is 1.67. The summed E-state index contributed by atoms with van der Waals surface area (Å²) in [5.74, 6) is 1.50. The fourth-order valence-corrected chi connectivity index (χ4v) is 2.54. The number of nitrogens with zero attached hydrogens (tertiary/aromatic N) is 3. The fraction of sp³-hybridized carbons (Fsp3) is 0.462. The monoisotopic (exact) mass is 293 g/mol. The van der Waals surface area contributed by atoms with Crippen molar-refractivity contribution in [3.63, 3.8) is 0 Å². The van der Waals surface area contributed by atoms with Crippen LogP contribution in [0.2, 0.25) is 0 Å². The molecule has 0 aliphatic carbocycles. The van der Waals surface area contributed by atoms with Crippen molar-refractivity contribution in [1.29, 1.82) is 0 Å². The van der Waals surface area contributed by atoms with Crippen LogP contribution in [0, 0.1) is 20.8 Å². The average molecular weight is 293 g/mol. The smallest absolute Gasteiger partial charge is 0.191 e. The number of aliphatic imine (C=N–C) groups is 1. The summed E-state index contributed by atoms with van der Waals surface area (Å²) < 4.78 is 5.14. The Morgan fingerprint density at radius 2 is 2.05 bits per heavy atom. The number of thiazole rings is 1. The van der Waals surface area contributed by atoms with E-state index in [0.29, 0.717) is 19.0 Å². The van der Waals surface area contributed by atoms with Crippen molar-refractivity contribution in [2.45, 2.75) is 33.9 Å². The number of rotatable bonds is 4. The van der Waals surface area contributed by atoms with Crippen molar-refractivity contribution in [3.05, 3.63) is 33.1 Å². The minimum absolute atomic E-state index is 0.552. The van der Waals surface area contributed by atoms with E-state index >= 15 is 0 Å². The molecule has 0 bridgehead atoms. The van der Waals surface area contributed by atoms with Gasteiger partial charge in [-0.3, -0.25) is 4.99 Å². The first-order valence-corrected chi connectivity index (χ1v) is 7.19. The summed E-state index contributed by atoms with van der Waals surface area (Å²) in [5.41, 5.74) is 1.96. The molecule has 2 rings (SSSR count). The largest absolute Gasteiger partial charge is 0.359 e. The van der Waals surface area contributed by atoms with Gasteiger partial charge in [-0.05, 0) is 20.8 Å². The molecule has 0 radical (unpaired) electrons. The molecular formula is C13H19N5OS. The Kier molecular flexibility index (Phi) is 4.73. The number of aromatic nitrogens is 2. The molecule has 2 heterocycles. The van der Waals surface area contributed by atoms with Gasteiger partial charge in [0.25, 0.3) is 0 Å². The molecule has 0 saturated carbocycles. The van der Waals surface area contributed by atoms with Crippen LogP contribution in [0.1, 0.15) is 27.0 Å². The van der Waals surface area contributed by atoms with Crippen LogP contribution in [0.15, 0.2) is 15.6 Å². The molecular weight excluding hydrogens is 274 g/mol. The number of hydrogen-bond acceptors (Lipinski definition) is 5. The van der Waals surface area contributed by atoms with E-state index < -0.39 is 0 Å². The second kappa shape index (κ2) is 6.51. The molecule has 7 heteroatoms. The molecule has 20 heavy (non-hydrogen) atoms. The van der Waals surface area contributed by atoms with Gasteiger partial charge < -0.3 is 15.2 Å². The Morgan fingerprint density at radius 1 is 1.30 bits per heavy atom. The van der Waals surface area contributed by atoms with Gasteiger partial charge >= 0.3 is 0 Å². The molecule has 0 saturated heterocycles. The molecule has 0 aromatic carbocycles. The zero-order chi connectivity index (χ0) is 14.5. The molecule has 2 aromatic heterocycles. The normalized spacial score (nSPS) is 11.7. The standard InChI is InChI=1S/C13H19N5OS/c1-8-5-11(19-18-8)6-15-13(14-4)16-7-12-17-9(2)10(3)20-12/h5H,6-7H2,1-4H3,(H2,14,15,16). The first-order chi connectivity index (χ1) is 9.58. The lowest BCUT2D eigenvalue weighted by Crippen LogP contribution is -2.36. The third kappa shape index (κ3) is 3.80. The number of aryl methyl sites for hydroxylation is 3. The molecule has 0 fully saturated rings. The van der Waals surface area contributed by atoms with Gasteiger partial charge in [0.2, 0.25) is 0 Å². The zero-order valence-electron chi connectivity index (χ0n) is 12.1. The van der Waals surface area contributed by atoms with Gasteiger partial charge in [-0.1, -0.05) is 5.16 Å². The van der Waals surface area contributed by atoms with Crippen LogP contribution in [-0.2, 0) is 13.1 Å². The van der Waals surface area contributed by atoms with Crippen LogP contribution in [0.4, 0.5) is 0 Å². The van der Waals surface area contributed by atoms with E-state index in [1.54, 1.807) is 18.4 Å². The Morgan fingerprint density at radius 3 is 2.60 bits per heavy atom. The lowest BCUT2D eigenvalue weighted by Gasteiger charge is -2.09. The van der Waals surface area contributed by atoms with Gasteiger partial charge in [0.15, 0.2) is 11.7 Å². The zero-order valence-corrected chi connectivity index (χ0v) is 13.0. The summed E-state index contributed by atoms with van der Waals surface area (Å²) in [6.45, 7) is 7.21. The van der Waals surface area contributed by atoms with E-state index in [1.165, 1.54) is 4.88 Å². The average Bonchev–Trinajstić information content (AvgIpc) is 2.97. The quantitative estimate of drug-likeness (QED) is 0.665. The van der Waals surface area contributed by atoms with Crippen LogP contribution < -0.4 is 10.6 Å². The molecule has 0 aliphatic rings. The van der Waals surface area contributed by atoms with Crippen molar-refractivity contribution >= 4 is 17.3 Å². The van der Waals surface area contributed by atoms with Crippen molar-refractivity contribution in [1.82, 2.24) is 20.8 Å². The van der Waals surface area contributed by atoms with E-state index in [0.717, 1.165) is 22.2 Å². The van der Waals surface area contributed by atoms with Crippen LogP contribution in [-0.4, -0.2) is 23.1 Å². The number of nitrogens with one attached hydrogen (secondary N) is 2. The van der Waals surface area contributed by atoms with Gasteiger partial charge in [0.1, 0.15) is 5.01 Å². The Hall–Kier alpha value is -1.89. The predicted molar refractivity (Wildman–Crippen MR) is 79.9 cm³/mol. The highest BCUT2D eigenvalue weighted by Gasteiger charge is 2.06. The van der Waals surface area contributed by atoms with E-state index in [4.69, 9.17) is 4.52 Å². The minimum atomic E-state index is 0.552. The van der Waals surface area contributed by atoms with Crippen LogP contribution in [0.25, 0.3) is 0 Å². The third-order valence-electron chi connectivity index (χ3n) is 2.81. The highest BCUT2D eigenvalue weighted by atomic mass is 32.1. The van der Waals surface area contributed by atoms with E-state index in [-0.39, 0.29) is 0 Å². The van der Waals surface area contributed by atoms with Crippen LogP contribution >= 0.6 is 11.3 Å². The van der Waals surface area contributed by atoms with Gasteiger partial charge in [-0.25, -0.2) is 4.98 Å². The molecule has 0 spiro atoms. The first kappa shape index (κ1) is 14.5. The summed E-state index contributed by atoms with van der Waals surface area (Å²) in [6, 6.07) is 1.90. The Bertz CT molecular complexity index is 582. The van der Waals surface area contributed by atoms with Gasteiger partial charge in [0, 0.05) is 18.0 Å². The van der Waals surface area contributed by atoms with Gasteiger partial charge in [-0.2, -0.15) is 0 Å². The van der Waals surface area contributed by atoms with E-state index in [1.807, 2.05) is 19.9 Å². The summed E-state index contributed by atoms with van der Waals surface area (Å²) in [4.78, 5) is 9.90. The summed E-state index contributed by atoms with van der Waals surface area (Å²) in [7, 11) is 1.74. The van der Waals surface area contributed by atoms with E-state index in [2.05, 4.69) is 32.7 Å². The highest BCUT2D eigenvalue weighted by Crippen LogP contribution is 2.15. The summed E-state index contributed by atoms with van der Waals surface area (Å²) >= 11 is 1.70. The van der Waals surface area contributed by atoms with Gasteiger partial charge in [0.05, 0.1) is 24.5 Å². The molecule has 0 unspecified atom stereocenters. The maximum absolute atomic E-state index is 5.14. The van der Waals surface area contributed by atoms with Crippen molar-refractivity contribution < 1.29 is 4.52 Å². The number of guanidine groups is 1.